The van der Waals surface area contributed by atoms with Crippen LogP contribution < -0.4 is 15.5 Å². The standard InChI is InChI=1S/C28H39N5O6S/c1-17(2)20-10-11-21-16-29-23(15-22(21)14-20)8-7-13-40(38,39)32-25(18(3)4)26(34)30-19(5)27(35)33-12-6-9-24(31-33)28(36)37/h7-8,10-11,14-19,24-25,31-32H,6,9,12-13H2,1-5H3,(H,30,34)(H,36,37). The Morgan fingerprint density at radius 1 is 1.15 bits per heavy atom. The molecule has 1 aliphatic heterocycles. The summed E-state index contributed by atoms with van der Waals surface area (Å²) in [6.45, 7) is 9.41. The molecule has 0 spiro atoms. The molecule has 3 atom stereocenters. The Morgan fingerprint density at radius 2 is 1.88 bits per heavy atom. The number of hydrogen-bond donors (Lipinski definition) is 4. The Morgan fingerprint density at radius 3 is 2.52 bits per heavy atom. The van der Waals surface area contributed by atoms with E-state index in [0.717, 1.165) is 10.8 Å². The van der Waals surface area contributed by atoms with Crippen molar-refractivity contribution >= 4 is 44.7 Å². The van der Waals surface area contributed by atoms with Crippen molar-refractivity contribution in [3.63, 3.8) is 0 Å². The lowest BCUT2D eigenvalue weighted by Gasteiger charge is -2.34. The summed E-state index contributed by atoms with van der Waals surface area (Å²) in [5, 5.41) is 15.0. The number of aliphatic carboxylic acids is 1. The lowest BCUT2D eigenvalue weighted by atomic mass is 10.00. The van der Waals surface area contributed by atoms with Crippen molar-refractivity contribution in [3.05, 3.63) is 47.8 Å². The highest BCUT2D eigenvalue weighted by molar-refractivity contribution is 7.89. The average Bonchev–Trinajstić information content (AvgIpc) is 2.90. The number of rotatable bonds is 11. The van der Waals surface area contributed by atoms with Crippen molar-refractivity contribution in [2.24, 2.45) is 5.92 Å². The maximum Gasteiger partial charge on any atom is 0.322 e. The fraction of sp³-hybridized carbons (Fsp3) is 0.500. The van der Waals surface area contributed by atoms with Gasteiger partial charge in [0.1, 0.15) is 18.1 Å². The van der Waals surface area contributed by atoms with Gasteiger partial charge in [0, 0.05) is 18.1 Å². The van der Waals surface area contributed by atoms with Gasteiger partial charge in [-0.15, -0.1) is 0 Å². The van der Waals surface area contributed by atoms with Gasteiger partial charge in [0.25, 0.3) is 5.91 Å². The number of hydrazine groups is 1. The monoisotopic (exact) mass is 573 g/mol. The summed E-state index contributed by atoms with van der Waals surface area (Å²) >= 11 is 0. The number of nitrogens with one attached hydrogen (secondary N) is 3. The smallest absolute Gasteiger partial charge is 0.322 e. The maximum atomic E-state index is 13.0. The molecular weight excluding hydrogens is 534 g/mol. The molecule has 1 aromatic heterocycles. The highest BCUT2D eigenvalue weighted by Crippen LogP contribution is 2.22. The Hall–Kier alpha value is -3.35. The van der Waals surface area contributed by atoms with Gasteiger partial charge < -0.3 is 10.4 Å². The number of pyridine rings is 1. The predicted octanol–water partition coefficient (Wildman–Crippen LogP) is 2.40. The number of carbonyl (C=O) groups excluding carboxylic acids is 2. The summed E-state index contributed by atoms with van der Waals surface area (Å²) in [4.78, 5) is 41.4. The van der Waals surface area contributed by atoms with Crippen LogP contribution in [0, 0.1) is 5.92 Å². The Balaban J connectivity index is 1.62. The minimum Gasteiger partial charge on any atom is -0.480 e. The molecule has 3 rings (SSSR count). The molecule has 1 aromatic carbocycles. The minimum absolute atomic E-state index is 0.306. The van der Waals surface area contributed by atoms with Crippen LogP contribution in [-0.2, 0) is 24.4 Å². The number of aromatic nitrogens is 1. The summed E-state index contributed by atoms with van der Waals surface area (Å²) in [6.07, 6.45) is 5.75. The lowest BCUT2D eigenvalue weighted by molar-refractivity contribution is -0.148. The number of nitrogens with zero attached hydrogens (tertiary/aromatic N) is 2. The molecule has 40 heavy (non-hydrogen) atoms. The predicted molar refractivity (Wildman–Crippen MR) is 154 cm³/mol. The van der Waals surface area contributed by atoms with E-state index in [9.17, 15) is 27.9 Å². The fourth-order valence-corrected chi connectivity index (χ4v) is 5.59. The molecule has 2 heterocycles. The third-order valence-electron chi connectivity index (χ3n) is 6.77. The zero-order valence-corrected chi connectivity index (χ0v) is 24.4. The van der Waals surface area contributed by atoms with E-state index in [0.29, 0.717) is 31.0 Å². The second kappa shape index (κ2) is 13.3. The molecule has 2 aromatic rings. The molecule has 0 aliphatic carbocycles. The van der Waals surface area contributed by atoms with Gasteiger partial charge in [0.15, 0.2) is 0 Å². The largest absolute Gasteiger partial charge is 0.480 e. The summed E-state index contributed by atoms with van der Waals surface area (Å²) in [7, 11) is -3.89. The van der Waals surface area contributed by atoms with Crippen molar-refractivity contribution in [1.82, 2.24) is 25.5 Å². The molecule has 1 fully saturated rings. The molecule has 4 N–H and O–H groups in total. The van der Waals surface area contributed by atoms with Crippen LogP contribution in [-0.4, -0.2) is 71.7 Å². The highest BCUT2D eigenvalue weighted by Gasteiger charge is 2.33. The number of benzene rings is 1. The number of fused-ring (bicyclic) bond motifs is 1. The molecule has 0 saturated carbocycles. The molecule has 0 bridgehead atoms. The van der Waals surface area contributed by atoms with E-state index < -0.39 is 51.9 Å². The van der Waals surface area contributed by atoms with Crippen LogP contribution in [0.15, 0.2) is 36.5 Å². The number of carboxylic acid groups (broad SMARTS) is 1. The van der Waals surface area contributed by atoms with E-state index in [1.54, 1.807) is 26.1 Å². The van der Waals surface area contributed by atoms with Crippen molar-refractivity contribution in [2.45, 2.75) is 71.5 Å². The topological polar surface area (TPSA) is 158 Å². The molecule has 11 nitrogen and oxygen atoms in total. The van der Waals surface area contributed by atoms with Crippen LogP contribution in [0.4, 0.5) is 0 Å². The quantitative estimate of drug-likeness (QED) is 0.319. The van der Waals surface area contributed by atoms with Crippen LogP contribution in [0.3, 0.4) is 0 Å². The van der Waals surface area contributed by atoms with Gasteiger partial charge in [0.05, 0.1) is 11.4 Å². The van der Waals surface area contributed by atoms with Gasteiger partial charge in [-0.25, -0.2) is 18.6 Å². The number of hydrogen-bond acceptors (Lipinski definition) is 7. The van der Waals surface area contributed by atoms with Gasteiger partial charge in [-0.2, -0.15) is 0 Å². The zero-order valence-electron chi connectivity index (χ0n) is 23.5. The molecule has 1 aliphatic rings. The van der Waals surface area contributed by atoms with Crippen LogP contribution in [0.2, 0.25) is 0 Å². The number of carboxylic acids is 1. The summed E-state index contributed by atoms with van der Waals surface area (Å²) in [5.41, 5.74) is 4.48. The van der Waals surface area contributed by atoms with Gasteiger partial charge >= 0.3 is 5.97 Å². The van der Waals surface area contributed by atoms with Crippen molar-refractivity contribution in [3.8, 4) is 0 Å². The first-order valence-electron chi connectivity index (χ1n) is 13.4. The molecular formula is C28H39N5O6S. The Labute approximate surface area is 235 Å². The van der Waals surface area contributed by atoms with E-state index in [-0.39, 0.29) is 5.75 Å². The van der Waals surface area contributed by atoms with E-state index in [1.807, 2.05) is 12.1 Å². The van der Waals surface area contributed by atoms with Crippen LogP contribution in [0.1, 0.15) is 64.6 Å². The fourth-order valence-electron chi connectivity index (χ4n) is 4.38. The first-order valence-corrected chi connectivity index (χ1v) is 15.1. The molecule has 12 heteroatoms. The Kier molecular flexibility index (Phi) is 10.4. The number of amides is 2. The number of carbonyl (C=O) groups is 3. The van der Waals surface area contributed by atoms with Crippen molar-refractivity contribution in [1.29, 1.82) is 0 Å². The van der Waals surface area contributed by atoms with Gasteiger partial charge in [-0.1, -0.05) is 52.0 Å². The molecule has 218 valence electrons. The second-order valence-electron chi connectivity index (χ2n) is 10.8. The molecule has 1 saturated heterocycles. The minimum atomic E-state index is -3.89. The average molecular weight is 574 g/mol. The van der Waals surface area contributed by atoms with Gasteiger partial charge in [-0.05, 0) is 54.7 Å². The van der Waals surface area contributed by atoms with E-state index in [2.05, 4.69) is 46.4 Å². The third kappa shape index (κ3) is 8.33. The summed E-state index contributed by atoms with van der Waals surface area (Å²) in [6, 6.07) is 5.10. The van der Waals surface area contributed by atoms with Crippen LogP contribution in [0.25, 0.3) is 16.8 Å². The van der Waals surface area contributed by atoms with Gasteiger partial charge in [-0.3, -0.25) is 24.4 Å². The molecule has 3 unspecified atom stereocenters. The third-order valence-corrected chi connectivity index (χ3v) is 8.02. The summed E-state index contributed by atoms with van der Waals surface area (Å²) < 4.78 is 28.1. The molecule has 2 amide bonds. The van der Waals surface area contributed by atoms with Crippen LogP contribution >= 0.6 is 0 Å². The van der Waals surface area contributed by atoms with Gasteiger partial charge in [0.2, 0.25) is 15.9 Å². The normalized spacial score (nSPS) is 17.9. The lowest BCUT2D eigenvalue weighted by Crippen LogP contribution is -2.60. The van der Waals surface area contributed by atoms with E-state index in [1.165, 1.54) is 23.6 Å². The highest BCUT2D eigenvalue weighted by atomic mass is 32.2. The maximum absolute atomic E-state index is 13.0. The Bertz CT molecular complexity index is 1370. The SMILES string of the molecule is CC(NC(=O)C(NS(=O)(=O)CC=Cc1cc2cc(C(C)C)ccc2cn1)C(C)C)C(=O)N1CCCC(C(=O)O)N1. The molecule has 0 radical (unpaired) electrons. The summed E-state index contributed by atoms with van der Waals surface area (Å²) in [5.74, 6) is -2.59. The van der Waals surface area contributed by atoms with Crippen molar-refractivity contribution < 1.29 is 27.9 Å². The first kappa shape index (κ1) is 31.2. The van der Waals surface area contributed by atoms with Crippen molar-refractivity contribution in [2.75, 3.05) is 12.3 Å². The van der Waals surface area contributed by atoms with Crippen LogP contribution in [0.5, 0.6) is 0 Å². The zero-order chi connectivity index (χ0) is 29.6. The first-order chi connectivity index (χ1) is 18.8. The number of sulfonamides is 1. The second-order valence-corrected chi connectivity index (χ2v) is 12.6. The van der Waals surface area contributed by atoms with E-state index in [4.69, 9.17) is 0 Å². The van der Waals surface area contributed by atoms with E-state index >= 15 is 0 Å².